The van der Waals surface area contributed by atoms with E-state index in [4.69, 9.17) is 10.5 Å². The van der Waals surface area contributed by atoms with Gasteiger partial charge in [0.1, 0.15) is 6.61 Å². The number of hydrogen-bond acceptors (Lipinski definition) is 3. The predicted molar refractivity (Wildman–Crippen MR) is 41.6 cm³/mol. The molecule has 0 atom stereocenters. The predicted octanol–water partition coefficient (Wildman–Crippen LogP) is 1.56. The van der Waals surface area contributed by atoms with E-state index in [0.29, 0.717) is 5.56 Å². The smallest absolute Gasteiger partial charge is 0.286 e. The van der Waals surface area contributed by atoms with Crippen LogP contribution >= 0.6 is 0 Å². The summed E-state index contributed by atoms with van der Waals surface area (Å²) in [6.45, 7) is 0.266. The van der Waals surface area contributed by atoms with Crippen LogP contribution in [0.3, 0.4) is 0 Å². The molecule has 0 radical (unpaired) electrons. The molecular formula is C9H6N2O. The van der Waals surface area contributed by atoms with Crippen LogP contribution in [0.5, 0.6) is 0 Å². The highest BCUT2D eigenvalue weighted by molar-refractivity contribution is 5.31. The van der Waals surface area contributed by atoms with Crippen molar-refractivity contribution in [1.82, 2.24) is 0 Å². The molecule has 0 aromatic heterocycles. The fourth-order valence-electron chi connectivity index (χ4n) is 0.791. The van der Waals surface area contributed by atoms with Crippen molar-refractivity contribution in [3.8, 4) is 12.3 Å². The molecule has 0 unspecified atom stereocenters. The van der Waals surface area contributed by atoms with E-state index < -0.39 is 0 Å². The zero-order valence-electron chi connectivity index (χ0n) is 6.32. The molecule has 0 saturated carbocycles. The van der Waals surface area contributed by atoms with Crippen LogP contribution in [0, 0.1) is 22.8 Å². The number of ether oxygens (including phenoxy) is 1. The first-order valence-corrected chi connectivity index (χ1v) is 3.36. The third-order valence-corrected chi connectivity index (χ3v) is 1.39. The summed E-state index contributed by atoms with van der Waals surface area (Å²) >= 11 is 0. The molecule has 58 valence electrons. The highest BCUT2D eigenvalue weighted by Gasteiger charge is 1.92. The fourth-order valence-corrected chi connectivity index (χ4v) is 0.791. The third-order valence-electron chi connectivity index (χ3n) is 1.39. The quantitative estimate of drug-likeness (QED) is 0.613. The Kier molecular flexibility index (Phi) is 2.70. The van der Waals surface area contributed by atoms with Gasteiger partial charge in [0.25, 0.3) is 6.26 Å². The number of nitriles is 2. The summed E-state index contributed by atoms with van der Waals surface area (Å²) in [5.74, 6) is 0. The molecule has 0 aliphatic heterocycles. The Morgan fingerprint density at radius 1 is 1.17 bits per heavy atom. The number of rotatable bonds is 2. The van der Waals surface area contributed by atoms with Gasteiger partial charge in [0.05, 0.1) is 11.6 Å². The molecule has 1 rings (SSSR count). The molecule has 0 spiro atoms. The minimum absolute atomic E-state index is 0.266. The van der Waals surface area contributed by atoms with E-state index in [1.54, 1.807) is 30.5 Å². The van der Waals surface area contributed by atoms with Gasteiger partial charge in [0.2, 0.25) is 0 Å². The second-order valence-electron chi connectivity index (χ2n) is 2.19. The Morgan fingerprint density at radius 2 is 1.83 bits per heavy atom. The summed E-state index contributed by atoms with van der Waals surface area (Å²) in [6.07, 6.45) is 1.58. The van der Waals surface area contributed by atoms with E-state index in [9.17, 15) is 0 Å². The molecule has 0 amide bonds. The van der Waals surface area contributed by atoms with Gasteiger partial charge in [-0.25, -0.2) is 0 Å². The van der Waals surface area contributed by atoms with Crippen LogP contribution < -0.4 is 0 Å². The molecule has 0 heterocycles. The van der Waals surface area contributed by atoms with Crippen molar-refractivity contribution >= 4 is 0 Å². The lowest BCUT2D eigenvalue weighted by Gasteiger charge is -1.96. The highest BCUT2D eigenvalue weighted by atomic mass is 16.5. The van der Waals surface area contributed by atoms with Crippen LogP contribution in [0.15, 0.2) is 24.3 Å². The third kappa shape index (κ3) is 2.00. The maximum atomic E-state index is 8.47. The Labute approximate surface area is 70.4 Å². The SMILES string of the molecule is N#COCc1ccc(C#N)cc1. The van der Waals surface area contributed by atoms with Gasteiger partial charge in [0.15, 0.2) is 0 Å². The normalized spacial score (nSPS) is 8.17. The van der Waals surface area contributed by atoms with E-state index in [-0.39, 0.29) is 6.61 Å². The first-order chi connectivity index (χ1) is 5.86. The summed E-state index contributed by atoms with van der Waals surface area (Å²) < 4.78 is 4.52. The van der Waals surface area contributed by atoms with Crippen molar-refractivity contribution in [2.24, 2.45) is 0 Å². The molecule has 0 aliphatic carbocycles. The molecule has 3 nitrogen and oxygen atoms in total. The molecule has 3 heteroatoms. The van der Waals surface area contributed by atoms with Crippen molar-refractivity contribution in [1.29, 1.82) is 10.5 Å². The molecular weight excluding hydrogens is 152 g/mol. The van der Waals surface area contributed by atoms with Crippen LogP contribution in [0.1, 0.15) is 11.1 Å². The zero-order chi connectivity index (χ0) is 8.81. The van der Waals surface area contributed by atoms with E-state index >= 15 is 0 Å². The fraction of sp³-hybridized carbons (Fsp3) is 0.111. The van der Waals surface area contributed by atoms with Gasteiger partial charge in [-0.05, 0) is 17.7 Å². The van der Waals surface area contributed by atoms with Crippen molar-refractivity contribution in [3.63, 3.8) is 0 Å². The second-order valence-corrected chi connectivity index (χ2v) is 2.19. The molecule has 0 fully saturated rings. The molecule has 0 aliphatic rings. The van der Waals surface area contributed by atoms with Crippen molar-refractivity contribution in [3.05, 3.63) is 35.4 Å². The van der Waals surface area contributed by atoms with Gasteiger partial charge in [-0.15, -0.1) is 0 Å². The van der Waals surface area contributed by atoms with Crippen molar-refractivity contribution in [2.75, 3.05) is 0 Å². The van der Waals surface area contributed by atoms with Crippen LogP contribution in [-0.2, 0) is 11.3 Å². The minimum Gasteiger partial charge on any atom is -0.423 e. The van der Waals surface area contributed by atoms with Crippen LogP contribution in [0.2, 0.25) is 0 Å². The van der Waals surface area contributed by atoms with E-state index in [1.807, 2.05) is 6.07 Å². The van der Waals surface area contributed by atoms with Crippen LogP contribution in [-0.4, -0.2) is 0 Å². The summed E-state index contributed by atoms with van der Waals surface area (Å²) in [5, 5.41) is 16.6. The maximum Gasteiger partial charge on any atom is 0.286 e. The van der Waals surface area contributed by atoms with Gasteiger partial charge in [-0.3, -0.25) is 0 Å². The number of nitrogens with zero attached hydrogens (tertiary/aromatic N) is 2. The van der Waals surface area contributed by atoms with Gasteiger partial charge in [0, 0.05) is 0 Å². The van der Waals surface area contributed by atoms with Gasteiger partial charge in [-0.1, -0.05) is 12.1 Å². The molecule has 0 saturated heterocycles. The lowest BCUT2D eigenvalue weighted by molar-refractivity contribution is 0.257. The van der Waals surface area contributed by atoms with Gasteiger partial charge in [-0.2, -0.15) is 10.5 Å². The molecule has 1 aromatic rings. The Hall–Kier alpha value is -2.00. The monoisotopic (exact) mass is 158 g/mol. The van der Waals surface area contributed by atoms with Crippen LogP contribution in [0.4, 0.5) is 0 Å². The lowest BCUT2D eigenvalue weighted by Crippen LogP contribution is -1.86. The van der Waals surface area contributed by atoms with E-state index in [0.717, 1.165) is 5.56 Å². The summed E-state index contributed by atoms with van der Waals surface area (Å²) in [5.41, 5.74) is 1.49. The van der Waals surface area contributed by atoms with Crippen LogP contribution in [0.25, 0.3) is 0 Å². The average molecular weight is 158 g/mol. The lowest BCUT2D eigenvalue weighted by atomic mass is 10.2. The Morgan fingerprint density at radius 3 is 2.33 bits per heavy atom. The first kappa shape index (κ1) is 8.10. The highest BCUT2D eigenvalue weighted by Crippen LogP contribution is 2.03. The zero-order valence-corrected chi connectivity index (χ0v) is 6.32. The largest absolute Gasteiger partial charge is 0.423 e. The summed E-state index contributed by atoms with van der Waals surface area (Å²) in [6, 6.07) is 8.91. The van der Waals surface area contributed by atoms with Crippen molar-refractivity contribution < 1.29 is 4.74 Å². The summed E-state index contributed by atoms with van der Waals surface area (Å²) in [4.78, 5) is 0. The first-order valence-electron chi connectivity index (χ1n) is 3.36. The molecule has 1 aromatic carbocycles. The minimum atomic E-state index is 0.266. The second kappa shape index (κ2) is 4.00. The Balaban J connectivity index is 2.68. The van der Waals surface area contributed by atoms with Crippen molar-refractivity contribution in [2.45, 2.75) is 6.61 Å². The topological polar surface area (TPSA) is 56.8 Å². The summed E-state index contributed by atoms with van der Waals surface area (Å²) in [7, 11) is 0. The van der Waals surface area contributed by atoms with E-state index in [2.05, 4.69) is 4.74 Å². The number of hydrogen-bond donors (Lipinski definition) is 0. The molecule has 0 N–H and O–H groups in total. The standard InChI is InChI=1S/C9H6N2O/c10-5-8-1-3-9(4-2-8)6-12-7-11/h1-4H,6H2. The van der Waals surface area contributed by atoms with Gasteiger partial charge >= 0.3 is 0 Å². The number of benzene rings is 1. The van der Waals surface area contributed by atoms with Gasteiger partial charge < -0.3 is 4.74 Å². The van der Waals surface area contributed by atoms with E-state index in [1.165, 1.54) is 0 Å². The maximum absolute atomic E-state index is 8.47. The average Bonchev–Trinajstić information content (AvgIpc) is 2.15. The Bertz CT molecular complexity index is 329. The molecule has 0 bridgehead atoms. The molecule has 12 heavy (non-hydrogen) atoms.